The van der Waals surface area contributed by atoms with Gasteiger partial charge < -0.3 is 14.3 Å². The summed E-state index contributed by atoms with van der Waals surface area (Å²) in [5.41, 5.74) is 0. The number of benzene rings is 2. The van der Waals surface area contributed by atoms with E-state index >= 15 is 0 Å². The number of aliphatic hydroxyl groups is 1. The Morgan fingerprint density at radius 3 is 1.54 bits per heavy atom. The van der Waals surface area contributed by atoms with E-state index in [9.17, 15) is 5.11 Å². The predicted octanol–water partition coefficient (Wildman–Crippen LogP) is 9.33. The summed E-state index contributed by atoms with van der Waals surface area (Å²) in [5, 5.41) is 13.1. The number of unbranched alkanes of at least 4 members (excludes halogenated alkanes) is 14. The Kier molecular flexibility index (Phi) is 18.0. The highest BCUT2D eigenvalue weighted by molar-refractivity contribution is 6.99. The molecule has 3 nitrogen and oxygen atoms in total. The van der Waals surface area contributed by atoms with Crippen LogP contribution in [-0.4, -0.2) is 32.7 Å². The van der Waals surface area contributed by atoms with Gasteiger partial charge in [0.2, 0.25) is 0 Å². The minimum absolute atomic E-state index is 0.107. The SMILES string of the molecule is CCCCCCCCCCCCCCCC/C=C/OC[C@@H](O)CO[Si](c1ccccc1)(c1ccccc1)C(C)(C)C. The van der Waals surface area contributed by atoms with Gasteiger partial charge in [-0.2, -0.15) is 0 Å². The topological polar surface area (TPSA) is 38.7 Å². The van der Waals surface area contributed by atoms with Crippen LogP contribution in [0.25, 0.3) is 0 Å². The molecular formula is C37H60O3Si. The molecule has 0 aliphatic heterocycles. The van der Waals surface area contributed by atoms with Crippen LogP contribution in [0.3, 0.4) is 0 Å². The lowest BCUT2D eigenvalue weighted by Crippen LogP contribution is -2.67. The van der Waals surface area contributed by atoms with Crippen molar-refractivity contribution in [2.24, 2.45) is 0 Å². The summed E-state index contributed by atoms with van der Waals surface area (Å²) in [7, 11) is -2.64. The zero-order valence-electron chi connectivity index (χ0n) is 26.8. The molecule has 0 aliphatic carbocycles. The van der Waals surface area contributed by atoms with Gasteiger partial charge in [-0.05, 0) is 34.3 Å². The summed E-state index contributed by atoms with van der Waals surface area (Å²) in [4.78, 5) is 0. The zero-order chi connectivity index (χ0) is 29.7. The maximum absolute atomic E-state index is 10.7. The summed E-state index contributed by atoms with van der Waals surface area (Å²) < 4.78 is 12.5. The van der Waals surface area contributed by atoms with E-state index in [1.54, 1.807) is 6.26 Å². The zero-order valence-corrected chi connectivity index (χ0v) is 27.8. The van der Waals surface area contributed by atoms with Crippen LogP contribution < -0.4 is 10.4 Å². The van der Waals surface area contributed by atoms with Gasteiger partial charge in [-0.1, -0.05) is 172 Å². The molecule has 0 radical (unpaired) electrons. The van der Waals surface area contributed by atoms with Crippen molar-refractivity contribution in [2.45, 2.75) is 135 Å². The summed E-state index contributed by atoms with van der Waals surface area (Å²) in [6.07, 6.45) is 23.5. The van der Waals surface area contributed by atoms with E-state index in [0.717, 1.165) is 6.42 Å². The van der Waals surface area contributed by atoms with Gasteiger partial charge in [-0.15, -0.1) is 0 Å². The molecule has 0 aromatic heterocycles. The lowest BCUT2D eigenvalue weighted by molar-refractivity contribution is 0.0432. The van der Waals surface area contributed by atoms with E-state index in [1.807, 2.05) is 12.1 Å². The highest BCUT2D eigenvalue weighted by Crippen LogP contribution is 2.36. The molecule has 41 heavy (non-hydrogen) atoms. The number of hydrogen-bond acceptors (Lipinski definition) is 3. The first kappa shape index (κ1) is 35.3. The second-order valence-electron chi connectivity index (χ2n) is 12.7. The molecule has 0 fully saturated rings. The molecule has 0 aliphatic rings. The predicted molar refractivity (Wildman–Crippen MR) is 180 cm³/mol. The molecule has 1 atom stereocenters. The van der Waals surface area contributed by atoms with Crippen LogP contribution in [-0.2, 0) is 9.16 Å². The molecule has 0 saturated carbocycles. The summed E-state index contributed by atoms with van der Waals surface area (Å²) in [5.74, 6) is 0. The van der Waals surface area contributed by atoms with Gasteiger partial charge in [-0.25, -0.2) is 0 Å². The first-order valence-corrected chi connectivity index (χ1v) is 18.5. The molecule has 0 saturated heterocycles. The first-order valence-electron chi connectivity index (χ1n) is 16.6. The molecule has 2 aromatic rings. The van der Waals surface area contributed by atoms with Gasteiger partial charge in [-0.3, -0.25) is 0 Å². The largest absolute Gasteiger partial charge is 0.499 e. The smallest absolute Gasteiger partial charge is 0.261 e. The van der Waals surface area contributed by atoms with Gasteiger partial charge in [0.25, 0.3) is 8.32 Å². The first-order chi connectivity index (χ1) is 19.9. The van der Waals surface area contributed by atoms with E-state index in [4.69, 9.17) is 9.16 Å². The van der Waals surface area contributed by atoms with Crippen LogP contribution in [0.15, 0.2) is 73.0 Å². The number of rotatable bonds is 23. The molecule has 2 rings (SSSR count). The average molecular weight is 581 g/mol. The molecule has 0 spiro atoms. The number of aliphatic hydroxyl groups excluding tert-OH is 1. The van der Waals surface area contributed by atoms with Gasteiger partial charge in [0.15, 0.2) is 0 Å². The molecule has 230 valence electrons. The number of allylic oxidation sites excluding steroid dienone is 1. The third kappa shape index (κ3) is 13.3. The maximum Gasteiger partial charge on any atom is 0.261 e. The Bertz CT molecular complexity index is 867. The molecule has 0 amide bonds. The monoisotopic (exact) mass is 580 g/mol. The van der Waals surface area contributed by atoms with Crippen LogP contribution in [0.4, 0.5) is 0 Å². The summed E-state index contributed by atoms with van der Waals surface area (Å²) in [6, 6.07) is 21.1. The molecule has 1 N–H and O–H groups in total. The minimum atomic E-state index is -2.64. The van der Waals surface area contributed by atoms with Crippen molar-refractivity contribution in [3.05, 3.63) is 73.0 Å². The van der Waals surface area contributed by atoms with Crippen molar-refractivity contribution in [1.82, 2.24) is 0 Å². The Hall–Kier alpha value is -1.88. The van der Waals surface area contributed by atoms with Crippen LogP contribution in [0.5, 0.6) is 0 Å². The van der Waals surface area contributed by atoms with E-state index in [0.29, 0.717) is 0 Å². The van der Waals surface area contributed by atoms with E-state index in [1.165, 1.54) is 100 Å². The fourth-order valence-corrected chi connectivity index (χ4v) is 10.4. The van der Waals surface area contributed by atoms with Crippen LogP contribution in [0.2, 0.25) is 5.04 Å². The Labute approximate surface area is 253 Å². The van der Waals surface area contributed by atoms with Gasteiger partial charge in [0, 0.05) is 0 Å². The Morgan fingerprint density at radius 1 is 0.659 bits per heavy atom. The Morgan fingerprint density at radius 2 is 1.10 bits per heavy atom. The number of ether oxygens (including phenoxy) is 1. The summed E-state index contributed by atoms with van der Waals surface area (Å²) in [6.45, 7) is 9.54. The fraction of sp³-hybridized carbons (Fsp3) is 0.622. The van der Waals surface area contributed by atoms with Crippen molar-refractivity contribution in [3.63, 3.8) is 0 Å². The molecular weight excluding hydrogens is 520 g/mol. The fourth-order valence-electron chi connectivity index (χ4n) is 5.79. The van der Waals surface area contributed by atoms with Crippen LogP contribution >= 0.6 is 0 Å². The normalized spacial score (nSPS) is 13.1. The van der Waals surface area contributed by atoms with Gasteiger partial charge in [0.1, 0.15) is 12.7 Å². The minimum Gasteiger partial charge on any atom is -0.499 e. The third-order valence-corrected chi connectivity index (χ3v) is 13.1. The van der Waals surface area contributed by atoms with Gasteiger partial charge >= 0.3 is 0 Å². The van der Waals surface area contributed by atoms with Crippen molar-refractivity contribution in [2.75, 3.05) is 13.2 Å². The molecule has 0 bridgehead atoms. The molecule has 2 aromatic carbocycles. The Balaban J connectivity index is 1.62. The van der Waals surface area contributed by atoms with Crippen LogP contribution in [0, 0.1) is 0 Å². The lowest BCUT2D eigenvalue weighted by atomic mass is 10.0. The van der Waals surface area contributed by atoms with Crippen molar-refractivity contribution >= 4 is 18.7 Å². The average Bonchev–Trinajstić information content (AvgIpc) is 2.97. The van der Waals surface area contributed by atoms with Crippen molar-refractivity contribution in [1.29, 1.82) is 0 Å². The van der Waals surface area contributed by atoms with Crippen molar-refractivity contribution in [3.8, 4) is 0 Å². The molecule has 0 unspecified atom stereocenters. The highest BCUT2D eigenvalue weighted by Gasteiger charge is 2.50. The summed E-state index contributed by atoms with van der Waals surface area (Å²) >= 11 is 0. The van der Waals surface area contributed by atoms with Crippen LogP contribution in [0.1, 0.15) is 124 Å². The van der Waals surface area contributed by atoms with Crippen molar-refractivity contribution < 1.29 is 14.3 Å². The van der Waals surface area contributed by atoms with E-state index in [-0.39, 0.29) is 18.3 Å². The van der Waals surface area contributed by atoms with E-state index < -0.39 is 14.4 Å². The molecule has 4 heteroatoms. The highest BCUT2D eigenvalue weighted by atomic mass is 28.4. The van der Waals surface area contributed by atoms with Gasteiger partial charge in [0.05, 0.1) is 12.9 Å². The second-order valence-corrected chi connectivity index (χ2v) is 17.0. The second kappa shape index (κ2) is 20.9. The molecule has 0 heterocycles. The quantitative estimate of drug-likeness (QED) is 0.0808. The number of hydrogen-bond donors (Lipinski definition) is 1. The lowest BCUT2D eigenvalue weighted by Gasteiger charge is -2.43. The third-order valence-electron chi connectivity index (χ3n) is 8.11. The van der Waals surface area contributed by atoms with E-state index in [2.05, 4.69) is 82.3 Å². The maximum atomic E-state index is 10.7. The standard InChI is InChI=1S/C37H60O3Si/c1-5-6-7-8-9-10-11-12-13-14-15-16-17-18-19-26-31-39-32-34(38)33-40-41(37(2,3)4,35-27-22-20-23-28-35)36-29-24-21-25-30-36/h20-31,34,38H,5-19,32-33H2,1-4H3/b31-26+/t34-/m1/s1.